The van der Waals surface area contributed by atoms with Crippen molar-refractivity contribution in [2.24, 2.45) is 0 Å². The van der Waals surface area contributed by atoms with Crippen LogP contribution in [0.5, 0.6) is 5.75 Å². The topological polar surface area (TPSA) is 66.8 Å². The predicted molar refractivity (Wildman–Crippen MR) is 118 cm³/mol. The molecule has 0 aromatic heterocycles. The molecule has 0 aliphatic carbocycles. The number of carbonyl (C=O) groups excluding carboxylic acids is 2. The molecule has 6 heteroatoms. The van der Waals surface area contributed by atoms with Gasteiger partial charge in [-0.15, -0.1) is 0 Å². The number of carbonyl (C=O) groups is 2. The number of hydrogen-bond donors (Lipinski definition) is 1. The maximum Gasteiger partial charge on any atom is 0.295 e. The minimum Gasteiger partial charge on any atom is -0.507 e. The van der Waals surface area contributed by atoms with Gasteiger partial charge in [0.25, 0.3) is 11.7 Å². The smallest absolute Gasteiger partial charge is 0.295 e. The summed E-state index contributed by atoms with van der Waals surface area (Å²) in [6, 6.07) is 12.1. The zero-order chi connectivity index (χ0) is 21.8. The molecule has 1 atom stereocenters. The minimum absolute atomic E-state index is 0.0580. The van der Waals surface area contributed by atoms with Gasteiger partial charge in [-0.05, 0) is 36.6 Å². The first-order valence-electron chi connectivity index (χ1n) is 10.1. The van der Waals surface area contributed by atoms with Crippen LogP contribution in [-0.2, 0) is 9.59 Å². The van der Waals surface area contributed by atoms with Crippen molar-refractivity contribution >= 4 is 29.1 Å². The van der Waals surface area contributed by atoms with Crippen molar-refractivity contribution in [2.45, 2.75) is 39.2 Å². The predicted octanol–water partition coefficient (Wildman–Crippen LogP) is 5.27. The van der Waals surface area contributed by atoms with E-state index in [4.69, 9.17) is 16.3 Å². The Morgan fingerprint density at radius 1 is 1.17 bits per heavy atom. The molecule has 1 saturated heterocycles. The van der Waals surface area contributed by atoms with E-state index < -0.39 is 17.7 Å². The molecule has 1 aliphatic heterocycles. The Morgan fingerprint density at radius 2 is 1.87 bits per heavy atom. The molecule has 1 N–H and O–H groups in total. The Bertz CT molecular complexity index is 984. The Hall–Kier alpha value is -2.79. The number of halogens is 1. The van der Waals surface area contributed by atoms with Gasteiger partial charge in [0.1, 0.15) is 11.5 Å². The Labute approximate surface area is 181 Å². The van der Waals surface area contributed by atoms with Crippen LogP contribution >= 0.6 is 11.6 Å². The standard InChI is InChI=1S/C24H26ClNO4/c1-4-5-9-12-26-20(16-10-7-6-8-11-16)19(22(28)24(26)29)21(27)17-13-15(2)14-18(25)23(17)30-3/h6-8,10-11,13-14,20,27H,4-5,9,12H2,1-3H3/b21-19+. The van der Waals surface area contributed by atoms with Crippen LogP contribution in [0.1, 0.15) is 48.9 Å². The summed E-state index contributed by atoms with van der Waals surface area (Å²) >= 11 is 6.30. The van der Waals surface area contributed by atoms with Crippen LogP contribution < -0.4 is 4.74 Å². The van der Waals surface area contributed by atoms with Crippen LogP contribution in [0.25, 0.3) is 5.76 Å². The van der Waals surface area contributed by atoms with Gasteiger partial charge in [-0.3, -0.25) is 9.59 Å². The summed E-state index contributed by atoms with van der Waals surface area (Å²) in [6.45, 7) is 4.36. The number of hydrogen-bond acceptors (Lipinski definition) is 4. The molecular formula is C24H26ClNO4. The number of nitrogens with zero attached hydrogens (tertiary/aromatic N) is 1. The van der Waals surface area contributed by atoms with Gasteiger partial charge >= 0.3 is 0 Å². The number of amides is 1. The third kappa shape index (κ3) is 4.08. The van der Waals surface area contributed by atoms with E-state index in [2.05, 4.69) is 6.92 Å². The number of aryl methyl sites for hydroxylation is 1. The first-order valence-corrected chi connectivity index (χ1v) is 10.5. The number of ether oxygens (including phenoxy) is 1. The summed E-state index contributed by atoms with van der Waals surface area (Å²) < 4.78 is 5.39. The van der Waals surface area contributed by atoms with Gasteiger partial charge < -0.3 is 14.7 Å². The summed E-state index contributed by atoms with van der Waals surface area (Å²) in [5, 5.41) is 11.6. The van der Waals surface area contributed by atoms with E-state index in [-0.39, 0.29) is 17.1 Å². The number of unbranched alkanes of at least 4 members (excludes halogenated alkanes) is 2. The minimum atomic E-state index is -0.697. The lowest BCUT2D eigenvalue weighted by molar-refractivity contribution is -0.139. The zero-order valence-electron chi connectivity index (χ0n) is 17.4. The molecule has 1 amide bonds. The highest BCUT2D eigenvalue weighted by atomic mass is 35.5. The van der Waals surface area contributed by atoms with Gasteiger partial charge in [0.2, 0.25) is 0 Å². The molecule has 1 fully saturated rings. The van der Waals surface area contributed by atoms with Crippen molar-refractivity contribution in [1.82, 2.24) is 4.90 Å². The van der Waals surface area contributed by atoms with Gasteiger partial charge in [0.15, 0.2) is 0 Å². The fraction of sp³-hybridized carbons (Fsp3) is 0.333. The fourth-order valence-electron chi connectivity index (χ4n) is 3.88. The first-order chi connectivity index (χ1) is 14.4. The monoisotopic (exact) mass is 427 g/mol. The van der Waals surface area contributed by atoms with Gasteiger partial charge in [0, 0.05) is 6.54 Å². The van der Waals surface area contributed by atoms with Crippen molar-refractivity contribution in [3.05, 3.63) is 69.8 Å². The van der Waals surface area contributed by atoms with Crippen LogP contribution in [0, 0.1) is 6.92 Å². The molecule has 5 nitrogen and oxygen atoms in total. The summed E-state index contributed by atoms with van der Waals surface area (Å²) in [6.07, 6.45) is 2.73. The van der Waals surface area contributed by atoms with Crippen LogP contribution in [0.3, 0.4) is 0 Å². The molecule has 2 aromatic rings. The van der Waals surface area contributed by atoms with Crippen molar-refractivity contribution < 1.29 is 19.4 Å². The molecule has 2 aromatic carbocycles. The Morgan fingerprint density at radius 3 is 2.50 bits per heavy atom. The molecule has 0 saturated carbocycles. The van der Waals surface area contributed by atoms with E-state index in [9.17, 15) is 14.7 Å². The highest BCUT2D eigenvalue weighted by molar-refractivity contribution is 6.46. The van der Waals surface area contributed by atoms with E-state index in [1.54, 1.807) is 17.0 Å². The summed E-state index contributed by atoms with van der Waals surface area (Å²) in [7, 11) is 1.45. The molecule has 1 unspecified atom stereocenters. The van der Waals surface area contributed by atoms with E-state index in [0.717, 1.165) is 30.4 Å². The van der Waals surface area contributed by atoms with Crippen molar-refractivity contribution in [3.63, 3.8) is 0 Å². The van der Waals surface area contributed by atoms with Gasteiger partial charge in [-0.25, -0.2) is 0 Å². The summed E-state index contributed by atoms with van der Waals surface area (Å²) in [5.41, 5.74) is 1.93. The molecule has 3 rings (SSSR count). The summed E-state index contributed by atoms with van der Waals surface area (Å²) in [4.78, 5) is 27.5. The van der Waals surface area contributed by atoms with E-state index in [0.29, 0.717) is 17.1 Å². The summed E-state index contributed by atoms with van der Waals surface area (Å²) in [5.74, 6) is -1.30. The van der Waals surface area contributed by atoms with Crippen molar-refractivity contribution in [3.8, 4) is 5.75 Å². The number of rotatable bonds is 7. The lowest BCUT2D eigenvalue weighted by atomic mass is 9.94. The molecule has 158 valence electrons. The third-order valence-electron chi connectivity index (χ3n) is 5.31. The van der Waals surface area contributed by atoms with Crippen molar-refractivity contribution in [2.75, 3.05) is 13.7 Å². The maximum absolute atomic E-state index is 13.0. The van der Waals surface area contributed by atoms with E-state index >= 15 is 0 Å². The van der Waals surface area contributed by atoms with E-state index in [1.165, 1.54) is 7.11 Å². The van der Waals surface area contributed by atoms with Crippen LogP contribution in [0.2, 0.25) is 5.02 Å². The van der Waals surface area contributed by atoms with Crippen LogP contribution in [0.15, 0.2) is 48.0 Å². The lowest BCUT2D eigenvalue weighted by Gasteiger charge is -2.25. The third-order valence-corrected chi connectivity index (χ3v) is 5.59. The first kappa shape index (κ1) is 21.9. The van der Waals surface area contributed by atoms with Crippen molar-refractivity contribution in [1.29, 1.82) is 0 Å². The highest BCUT2D eigenvalue weighted by Gasteiger charge is 2.46. The molecular weight excluding hydrogens is 402 g/mol. The molecule has 0 bridgehead atoms. The average Bonchev–Trinajstić information content (AvgIpc) is 2.98. The molecule has 0 spiro atoms. The number of methoxy groups -OCH3 is 1. The second kappa shape index (κ2) is 9.35. The normalized spacial score (nSPS) is 18.1. The molecule has 30 heavy (non-hydrogen) atoms. The Balaban J connectivity index is 2.20. The largest absolute Gasteiger partial charge is 0.507 e. The average molecular weight is 428 g/mol. The van der Waals surface area contributed by atoms with Gasteiger partial charge in [-0.2, -0.15) is 0 Å². The Kier molecular flexibility index (Phi) is 6.83. The quantitative estimate of drug-likeness (QED) is 0.283. The number of ketones is 1. The lowest BCUT2D eigenvalue weighted by Crippen LogP contribution is -2.30. The molecule has 0 radical (unpaired) electrons. The molecule has 1 heterocycles. The van der Waals surface area contributed by atoms with Crippen LogP contribution in [0.4, 0.5) is 0 Å². The molecule has 1 aliphatic rings. The second-order valence-electron chi connectivity index (χ2n) is 7.44. The number of benzene rings is 2. The van der Waals surface area contributed by atoms with E-state index in [1.807, 2.05) is 37.3 Å². The number of Topliss-reactive ketones (excluding diaryl/α,β-unsaturated/α-hetero) is 1. The highest BCUT2D eigenvalue weighted by Crippen LogP contribution is 2.42. The number of likely N-dealkylation sites (tertiary alicyclic amines) is 1. The maximum atomic E-state index is 13.0. The van der Waals surface area contributed by atoms with Gasteiger partial charge in [0.05, 0.1) is 29.3 Å². The zero-order valence-corrected chi connectivity index (χ0v) is 18.2. The van der Waals surface area contributed by atoms with Crippen LogP contribution in [-0.4, -0.2) is 35.4 Å². The van der Waals surface area contributed by atoms with Gasteiger partial charge in [-0.1, -0.05) is 61.7 Å². The second-order valence-corrected chi connectivity index (χ2v) is 7.85. The SMILES string of the molecule is CCCCCN1C(=O)C(=O)/C(=C(/O)c2cc(C)cc(Cl)c2OC)C1c1ccccc1. The fourth-order valence-corrected chi connectivity index (χ4v) is 4.23. The number of aliphatic hydroxyl groups is 1. The number of aliphatic hydroxyl groups excluding tert-OH is 1.